The third kappa shape index (κ3) is 2.95. The number of aryl methyl sites for hydroxylation is 1. The van der Waals surface area contributed by atoms with Crippen LogP contribution in [0.1, 0.15) is 17.7 Å². The smallest absolute Gasteiger partial charge is 0.135 e. The molecule has 4 heterocycles. The Labute approximate surface area is 167 Å². The highest BCUT2D eigenvalue weighted by Crippen LogP contribution is 2.34. The molecule has 1 aliphatic carbocycles. The minimum absolute atomic E-state index is 0.800. The van der Waals surface area contributed by atoms with Crippen LogP contribution in [-0.4, -0.2) is 30.4 Å². The van der Waals surface area contributed by atoms with Crippen LogP contribution in [0.15, 0.2) is 73.1 Å². The molecule has 0 aliphatic heterocycles. The van der Waals surface area contributed by atoms with Crippen LogP contribution in [-0.2, 0) is 0 Å². The molecule has 5 rings (SSSR count). The lowest BCUT2D eigenvalue weighted by Gasteiger charge is -2.06. The van der Waals surface area contributed by atoms with Crippen LogP contribution in [0, 0.1) is 6.92 Å². The van der Waals surface area contributed by atoms with Crippen molar-refractivity contribution in [3.63, 3.8) is 0 Å². The molecular formula is C23H20N6. The number of allylic oxidation sites excluding steroid dienone is 7. The Morgan fingerprint density at radius 2 is 2.21 bits per heavy atom. The SMILES string of the molecule is C=C/C=C(/C1=CCC=C1)c1cc(-c2n[nH]c3ccc(-c4cn[nH]c4)nc23)[nH]c1C. The third-order valence-electron chi connectivity index (χ3n) is 5.13. The van der Waals surface area contributed by atoms with Gasteiger partial charge in [-0.15, -0.1) is 0 Å². The standard InChI is InChI=1S/C23H20N6/c1-3-6-17(15-7-4-5-8-15)18-11-21(26-14(18)2)23-22-20(28-29-23)10-9-19(27-22)16-12-24-25-13-16/h3-4,6-13,26H,1,5H2,2H3,(H,24,25)(H,28,29)/b17-6-. The van der Waals surface area contributed by atoms with Gasteiger partial charge >= 0.3 is 0 Å². The van der Waals surface area contributed by atoms with Gasteiger partial charge in [0.05, 0.1) is 23.1 Å². The molecule has 0 bridgehead atoms. The van der Waals surface area contributed by atoms with Crippen molar-refractivity contribution in [2.45, 2.75) is 13.3 Å². The molecule has 142 valence electrons. The number of hydrogen-bond acceptors (Lipinski definition) is 3. The summed E-state index contributed by atoms with van der Waals surface area (Å²) in [5, 5.41) is 14.5. The van der Waals surface area contributed by atoms with Crippen molar-refractivity contribution >= 4 is 16.6 Å². The van der Waals surface area contributed by atoms with Crippen molar-refractivity contribution in [2.24, 2.45) is 0 Å². The maximum absolute atomic E-state index is 4.82. The van der Waals surface area contributed by atoms with Gasteiger partial charge in [-0.3, -0.25) is 10.2 Å². The molecule has 0 radical (unpaired) electrons. The normalized spacial score (nSPS) is 14.0. The van der Waals surface area contributed by atoms with E-state index in [9.17, 15) is 0 Å². The van der Waals surface area contributed by atoms with Crippen LogP contribution in [0.25, 0.3) is 39.3 Å². The van der Waals surface area contributed by atoms with E-state index in [-0.39, 0.29) is 0 Å². The van der Waals surface area contributed by atoms with E-state index in [4.69, 9.17) is 4.98 Å². The number of nitrogens with zero attached hydrogens (tertiary/aromatic N) is 3. The summed E-state index contributed by atoms with van der Waals surface area (Å²) >= 11 is 0. The number of nitrogens with one attached hydrogen (secondary N) is 3. The lowest BCUT2D eigenvalue weighted by molar-refractivity contribution is 1.09. The van der Waals surface area contributed by atoms with Gasteiger partial charge in [0.25, 0.3) is 0 Å². The van der Waals surface area contributed by atoms with Crippen LogP contribution >= 0.6 is 0 Å². The number of aromatic nitrogens is 6. The van der Waals surface area contributed by atoms with Gasteiger partial charge in [0.2, 0.25) is 0 Å². The lowest BCUT2D eigenvalue weighted by atomic mass is 9.98. The van der Waals surface area contributed by atoms with Crippen LogP contribution in [0.2, 0.25) is 0 Å². The fourth-order valence-electron chi connectivity index (χ4n) is 3.72. The molecule has 6 nitrogen and oxygen atoms in total. The quantitative estimate of drug-likeness (QED) is 0.421. The van der Waals surface area contributed by atoms with Crippen molar-refractivity contribution < 1.29 is 0 Å². The fourth-order valence-corrected chi connectivity index (χ4v) is 3.72. The van der Waals surface area contributed by atoms with Crippen LogP contribution < -0.4 is 0 Å². The van der Waals surface area contributed by atoms with Gasteiger partial charge in [-0.2, -0.15) is 10.2 Å². The van der Waals surface area contributed by atoms with Crippen molar-refractivity contribution in [1.29, 1.82) is 0 Å². The van der Waals surface area contributed by atoms with Gasteiger partial charge < -0.3 is 4.98 Å². The number of pyridine rings is 1. The average molecular weight is 380 g/mol. The molecule has 1 aliphatic rings. The second-order valence-electron chi connectivity index (χ2n) is 6.99. The zero-order valence-electron chi connectivity index (χ0n) is 16.0. The number of H-pyrrole nitrogens is 3. The van der Waals surface area contributed by atoms with Crippen LogP contribution in [0.4, 0.5) is 0 Å². The number of hydrogen-bond donors (Lipinski definition) is 3. The van der Waals surface area contributed by atoms with Crippen molar-refractivity contribution in [3.8, 4) is 22.6 Å². The Bertz CT molecular complexity index is 1290. The van der Waals surface area contributed by atoms with E-state index in [1.54, 1.807) is 6.20 Å². The van der Waals surface area contributed by atoms with Crippen molar-refractivity contribution in [1.82, 2.24) is 30.4 Å². The summed E-state index contributed by atoms with van der Waals surface area (Å²) in [6.07, 6.45) is 15.0. The average Bonchev–Trinajstić information content (AvgIpc) is 3.52. The largest absolute Gasteiger partial charge is 0.357 e. The summed E-state index contributed by atoms with van der Waals surface area (Å²) in [7, 11) is 0. The third-order valence-corrected chi connectivity index (χ3v) is 5.13. The zero-order valence-corrected chi connectivity index (χ0v) is 16.0. The van der Waals surface area contributed by atoms with Gasteiger partial charge in [0.1, 0.15) is 11.2 Å². The molecular weight excluding hydrogens is 360 g/mol. The molecule has 0 fully saturated rings. The Morgan fingerprint density at radius 1 is 1.28 bits per heavy atom. The van der Waals surface area contributed by atoms with E-state index in [0.29, 0.717) is 0 Å². The van der Waals surface area contributed by atoms with E-state index in [1.807, 2.05) is 24.4 Å². The summed E-state index contributed by atoms with van der Waals surface area (Å²) in [4.78, 5) is 8.31. The monoisotopic (exact) mass is 380 g/mol. The van der Waals surface area contributed by atoms with E-state index in [1.165, 1.54) is 5.57 Å². The molecule has 4 aromatic rings. The molecule has 4 aromatic heterocycles. The highest BCUT2D eigenvalue weighted by Gasteiger charge is 2.18. The first-order chi connectivity index (χ1) is 14.2. The predicted molar refractivity (Wildman–Crippen MR) is 116 cm³/mol. The summed E-state index contributed by atoms with van der Waals surface area (Å²) < 4.78 is 0. The first-order valence-corrected chi connectivity index (χ1v) is 9.49. The number of fused-ring (bicyclic) bond motifs is 1. The molecule has 6 heteroatoms. The van der Waals surface area contributed by atoms with E-state index in [2.05, 4.69) is 69.3 Å². The van der Waals surface area contributed by atoms with Crippen molar-refractivity contribution in [3.05, 3.63) is 84.4 Å². The maximum atomic E-state index is 4.82. The molecule has 29 heavy (non-hydrogen) atoms. The molecule has 0 spiro atoms. The Balaban J connectivity index is 1.62. The molecule has 0 amide bonds. The Morgan fingerprint density at radius 3 is 2.97 bits per heavy atom. The summed E-state index contributed by atoms with van der Waals surface area (Å²) in [6.45, 7) is 5.96. The summed E-state index contributed by atoms with van der Waals surface area (Å²) in [5.41, 5.74) is 9.83. The summed E-state index contributed by atoms with van der Waals surface area (Å²) in [5.74, 6) is 0. The van der Waals surface area contributed by atoms with Crippen LogP contribution in [0.5, 0.6) is 0 Å². The zero-order chi connectivity index (χ0) is 19.8. The molecule has 0 atom stereocenters. The van der Waals surface area contributed by atoms with E-state index in [0.717, 1.165) is 56.9 Å². The molecule has 0 unspecified atom stereocenters. The van der Waals surface area contributed by atoms with Gasteiger partial charge in [-0.05, 0) is 42.7 Å². The number of aromatic amines is 3. The topological polar surface area (TPSA) is 86.0 Å². The Hall–Kier alpha value is -3.93. The van der Waals surface area contributed by atoms with Crippen LogP contribution in [0.3, 0.4) is 0 Å². The molecule has 0 saturated heterocycles. The molecule has 3 N–H and O–H groups in total. The van der Waals surface area contributed by atoms with E-state index < -0.39 is 0 Å². The second kappa shape index (κ2) is 6.91. The maximum Gasteiger partial charge on any atom is 0.135 e. The Kier molecular flexibility index (Phi) is 4.09. The first-order valence-electron chi connectivity index (χ1n) is 9.49. The van der Waals surface area contributed by atoms with Crippen molar-refractivity contribution in [2.75, 3.05) is 0 Å². The molecule has 0 saturated carbocycles. The lowest BCUT2D eigenvalue weighted by Crippen LogP contribution is -1.87. The first kappa shape index (κ1) is 17.2. The van der Waals surface area contributed by atoms with E-state index >= 15 is 0 Å². The van der Waals surface area contributed by atoms with Gasteiger partial charge in [0.15, 0.2) is 0 Å². The minimum Gasteiger partial charge on any atom is -0.357 e. The predicted octanol–water partition coefficient (Wildman–Crippen LogP) is 5.11. The fraction of sp³-hybridized carbons (Fsp3) is 0.0870. The highest BCUT2D eigenvalue weighted by atomic mass is 15.1. The highest BCUT2D eigenvalue weighted by molar-refractivity contribution is 5.92. The summed E-state index contributed by atoms with van der Waals surface area (Å²) in [6, 6.07) is 6.10. The van der Waals surface area contributed by atoms with Gasteiger partial charge in [-0.1, -0.05) is 37.0 Å². The molecule has 0 aromatic carbocycles. The van der Waals surface area contributed by atoms with Gasteiger partial charge in [0, 0.05) is 23.0 Å². The number of rotatable bonds is 5. The second-order valence-corrected chi connectivity index (χ2v) is 6.99. The van der Waals surface area contributed by atoms with Gasteiger partial charge in [-0.25, -0.2) is 4.98 Å². The minimum atomic E-state index is 0.800.